The van der Waals surface area contributed by atoms with E-state index < -0.39 is 0 Å². The summed E-state index contributed by atoms with van der Waals surface area (Å²) in [6.45, 7) is 2.51. The van der Waals surface area contributed by atoms with E-state index in [2.05, 4.69) is 5.32 Å². The smallest absolute Gasteiger partial charge is 0.161 e. The van der Waals surface area contributed by atoms with E-state index in [4.69, 9.17) is 4.74 Å². The summed E-state index contributed by atoms with van der Waals surface area (Å²) in [5.41, 5.74) is 4.54. The number of hydrogen-bond acceptors (Lipinski definition) is 4. The molecule has 0 saturated heterocycles. The lowest BCUT2D eigenvalue weighted by atomic mass is 9.71. The number of carbonyl (C=O) groups excluding carboxylic acids is 2. The Labute approximate surface area is 147 Å². The summed E-state index contributed by atoms with van der Waals surface area (Å²) >= 11 is 0. The zero-order chi connectivity index (χ0) is 17.4. The number of ketones is 2. The minimum atomic E-state index is -0.283. The van der Waals surface area contributed by atoms with Crippen LogP contribution in [-0.2, 0) is 9.59 Å². The van der Waals surface area contributed by atoms with E-state index in [0.717, 1.165) is 59.5 Å². The van der Waals surface area contributed by atoms with Gasteiger partial charge in [-0.3, -0.25) is 9.59 Å². The van der Waals surface area contributed by atoms with Crippen LogP contribution in [-0.4, -0.2) is 18.2 Å². The molecule has 4 rings (SSSR count). The van der Waals surface area contributed by atoms with Gasteiger partial charge in [0.15, 0.2) is 11.6 Å². The van der Waals surface area contributed by atoms with Gasteiger partial charge in [0.25, 0.3) is 0 Å². The number of carbonyl (C=O) groups is 2. The van der Waals surface area contributed by atoms with Crippen LogP contribution < -0.4 is 10.1 Å². The molecule has 0 fully saturated rings. The Kier molecular flexibility index (Phi) is 4.20. The van der Waals surface area contributed by atoms with Crippen LogP contribution in [0, 0.1) is 0 Å². The highest BCUT2D eigenvalue weighted by Gasteiger charge is 2.41. The largest absolute Gasteiger partial charge is 0.494 e. The predicted molar refractivity (Wildman–Crippen MR) is 95.3 cm³/mol. The summed E-state index contributed by atoms with van der Waals surface area (Å²) in [6.07, 6.45) is 4.62. The van der Waals surface area contributed by atoms with Gasteiger partial charge in [0.1, 0.15) is 5.75 Å². The van der Waals surface area contributed by atoms with Crippen LogP contribution in [0.25, 0.3) is 0 Å². The van der Waals surface area contributed by atoms with Crippen LogP contribution >= 0.6 is 0 Å². The summed E-state index contributed by atoms with van der Waals surface area (Å²) in [7, 11) is 0. The molecule has 0 unspecified atom stereocenters. The van der Waals surface area contributed by atoms with Gasteiger partial charge in [0.2, 0.25) is 0 Å². The van der Waals surface area contributed by atoms with E-state index in [9.17, 15) is 9.59 Å². The van der Waals surface area contributed by atoms with E-state index in [-0.39, 0.29) is 17.5 Å². The molecule has 0 bridgehead atoms. The maximum absolute atomic E-state index is 12.8. The average Bonchev–Trinajstić information content (AvgIpc) is 2.61. The number of rotatable bonds is 3. The first-order chi connectivity index (χ1) is 12.2. The molecule has 1 aliphatic heterocycles. The second kappa shape index (κ2) is 6.51. The number of hydrogen-bond donors (Lipinski definition) is 1. The number of Topliss-reactive ketones (excluding diaryl/α,β-unsaturated/α-hetero) is 2. The van der Waals surface area contributed by atoms with Crippen molar-refractivity contribution < 1.29 is 14.3 Å². The number of ether oxygens (including phenoxy) is 1. The van der Waals surface area contributed by atoms with Crippen molar-refractivity contribution in [1.82, 2.24) is 5.32 Å². The van der Waals surface area contributed by atoms with Crippen molar-refractivity contribution >= 4 is 11.6 Å². The number of para-hydroxylation sites is 1. The second-order valence-electron chi connectivity index (χ2n) is 6.87. The molecule has 1 heterocycles. The lowest BCUT2D eigenvalue weighted by Gasteiger charge is -2.37. The molecule has 1 aromatic carbocycles. The van der Waals surface area contributed by atoms with E-state index in [1.54, 1.807) is 0 Å². The van der Waals surface area contributed by atoms with Gasteiger partial charge in [-0.1, -0.05) is 18.2 Å². The van der Waals surface area contributed by atoms with Gasteiger partial charge in [0, 0.05) is 46.9 Å². The van der Waals surface area contributed by atoms with Gasteiger partial charge in [-0.05, 0) is 38.7 Å². The third-order valence-corrected chi connectivity index (χ3v) is 5.32. The highest BCUT2D eigenvalue weighted by atomic mass is 16.5. The zero-order valence-electron chi connectivity index (χ0n) is 14.6. The molecule has 25 heavy (non-hydrogen) atoms. The third-order valence-electron chi connectivity index (χ3n) is 5.32. The van der Waals surface area contributed by atoms with E-state index in [1.807, 2.05) is 31.2 Å². The zero-order valence-corrected chi connectivity index (χ0v) is 14.6. The number of dihydropyridines is 1. The Bertz CT molecular complexity index is 761. The molecular weight excluding hydrogens is 314 g/mol. The average molecular weight is 337 g/mol. The van der Waals surface area contributed by atoms with Gasteiger partial charge in [-0.15, -0.1) is 0 Å². The molecule has 0 spiro atoms. The molecule has 4 nitrogen and oxygen atoms in total. The fraction of sp³-hybridized carbons (Fsp3) is 0.429. The maximum atomic E-state index is 12.8. The third kappa shape index (κ3) is 2.70. The van der Waals surface area contributed by atoms with Gasteiger partial charge in [-0.2, -0.15) is 0 Å². The first kappa shape index (κ1) is 16.1. The first-order valence-corrected chi connectivity index (χ1v) is 9.22. The van der Waals surface area contributed by atoms with Crippen molar-refractivity contribution in [2.24, 2.45) is 0 Å². The van der Waals surface area contributed by atoms with E-state index in [1.165, 1.54) is 0 Å². The van der Waals surface area contributed by atoms with Crippen LogP contribution in [0.4, 0.5) is 0 Å². The monoisotopic (exact) mass is 337 g/mol. The Morgan fingerprint density at radius 2 is 1.56 bits per heavy atom. The Morgan fingerprint density at radius 3 is 2.16 bits per heavy atom. The lowest BCUT2D eigenvalue weighted by Crippen LogP contribution is -2.36. The minimum absolute atomic E-state index is 0.162. The number of allylic oxidation sites excluding steroid dienone is 4. The maximum Gasteiger partial charge on any atom is 0.161 e. The van der Waals surface area contributed by atoms with Crippen molar-refractivity contribution in [3.63, 3.8) is 0 Å². The second-order valence-corrected chi connectivity index (χ2v) is 6.87. The number of nitrogens with one attached hydrogen (secondary N) is 1. The highest BCUT2D eigenvalue weighted by Crippen LogP contribution is 2.47. The minimum Gasteiger partial charge on any atom is -0.494 e. The van der Waals surface area contributed by atoms with Gasteiger partial charge in [0.05, 0.1) is 6.61 Å². The molecule has 1 N–H and O–H groups in total. The Morgan fingerprint density at radius 1 is 0.960 bits per heavy atom. The van der Waals surface area contributed by atoms with Crippen LogP contribution in [0.3, 0.4) is 0 Å². The predicted octanol–water partition coefficient (Wildman–Crippen LogP) is 3.79. The van der Waals surface area contributed by atoms with Crippen LogP contribution in [0.15, 0.2) is 46.8 Å². The van der Waals surface area contributed by atoms with Gasteiger partial charge in [-0.25, -0.2) is 0 Å². The normalized spacial score (nSPS) is 21.0. The molecule has 1 aromatic rings. The van der Waals surface area contributed by atoms with Gasteiger partial charge < -0.3 is 10.1 Å². The van der Waals surface area contributed by atoms with Crippen molar-refractivity contribution in [1.29, 1.82) is 0 Å². The quantitative estimate of drug-likeness (QED) is 0.912. The molecule has 130 valence electrons. The Balaban J connectivity index is 1.92. The van der Waals surface area contributed by atoms with E-state index >= 15 is 0 Å². The van der Waals surface area contributed by atoms with Crippen LogP contribution in [0.2, 0.25) is 0 Å². The number of benzene rings is 1. The summed E-state index contributed by atoms with van der Waals surface area (Å²) in [5, 5.41) is 3.45. The topological polar surface area (TPSA) is 55.4 Å². The van der Waals surface area contributed by atoms with Gasteiger partial charge >= 0.3 is 0 Å². The van der Waals surface area contributed by atoms with Crippen molar-refractivity contribution in [3.05, 3.63) is 52.4 Å². The highest BCUT2D eigenvalue weighted by molar-refractivity contribution is 6.06. The van der Waals surface area contributed by atoms with Crippen molar-refractivity contribution in [2.75, 3.05) is 6.61 Å². The van der Waals surface area contributed by atoms with E-state index in [0.29, 0.717) is 19.4 Å². The molecule has 4 heteroatoms. The fourth-order valence-corrected chi connectivity index (χ4v) is 4.30. The van der Waals surface area contributed by atoms with Crippen LogP contribution in [0.5, 0.6) is 5.75 Å². The van der Waals surface area contributed by atoms with Crippen molar-refractivity contribution in [2.45, 2.75) is 51.4 Å². The summed E-state index contributed by atoms with van der Waals surface area (Å²) in [6, 6.07) is 7.83. The molecule has 0 radical (unpaired) electrons. The standard InChI is InChI=1S/C21H23NO3/c1-2-25-18-12-4-3-7-13(18)19-20-14(8-5-10-16(20)23)22-15-9-6-11-17(24)21(15)19/h3-4,7,12,19,22H,2,5-6,8-11H2,1H3. The van der Waals surface area contributed by atoms with Crippen molar-refractivity contribution in [3.8, 4) is 5.75 Å². The Hall–Kier alpha value is -2.36. The molecule has 0 amide bonds. The molecule has 3 aliphatic rings. The summed E-state index contributed by atoms with van der Waals surface area (Å²) in [4.78, 5) is 25.6. The lowest BCUT2D eigenvalue weighted by molar-refractivity contribution is -0.116. The summed E-state index contributed by atoms with van der Waals surface area (Å²) < 4.78 is 5.83. The molecule has 0 aromatic heterocycles. The van der Waals surface area contributed by atoms with Crippen LogP contribution in [0.1, 0.15) is 56.9 Å². The SMILES string of the molecule is CCOc1ccccc1C1C2=C(CCCC2=O)NC2=C1C(=O)CCC2. The fourth-order valence-electron chi connectivity index (χ4n) is 4.30. The molecule has 0 saturated carbocycles. The molecular formula is C21H23NO3. The summed E-state index contributed by atoms with van der Waals surface area (Å²) in [5.74, 6) is 0.812. The molecule has 0 atom stereocenters. The first-order valence-electron chi connectivity index (χ1n) is 9.22. The molecule has 2 aliphatic carbocycles.